The van der Waals surface area contributed by atoms with Gasteiger partial charge in [0.05, 0.1) is 12.6 Å². The van der Waals surface area contributed by atoms with Crippen LogP contribution < -0.4 is 15.4 Å². The van der Waals surface area contributed by atoms with Gasteiger partial charge in [0, 0.05) is 43.1 Å². The molecule has 0 saturated carbocycles. The predicted molar refractivity (Wildman–Crippen MR) is 124 cm³/mol. The molecular formula is C24H27F3N4O4. The third-order valence-corrected chi connectivity index (χ3v) is 5.63. The van der Waals surface area contributed by atoms with Crippen molar-refractivity contribution in [1.29, 1.82) is 0 Å². The molecule has 2 amide bonds. The molecule has 8 nitrogen and oxygen atoms in total. The first-order valence-corrected chi connectivity index (χ1v) is 11.0. The van der Waals surface area contributed by atoms with Gasteiger partial charge < -0.3 is 15.4 Å². The van der Waals surface area contributed by atoms with Crippen molar-refractivity contribution in [2.75, 3.05) is 43.4 Å². The number of hydrogen-bond donors (Lipinski definition) is 2. The minimum absolute atomic E-state index is 0.0452. The summed E-state index contributed by atoms with van der Waals surface area (Å²) in [5.41, 5.74) is 1.55. The van der Waals surface area contributed by atoms with Crippen molar-refractivity contribution in [3.63, 3.8) is 0 Å². The number of nitrogens with zero attached hydrogens (tertiary/aromatic N) is 2. The van der Waals surface area contributed by atoms with E-state index in [-0.39, 0.29) is 35.9 Å². The molecule has 2 aromatic rings. The number of carbonyl (C=O) groups is 3. The maximum Gasteiger partial charge on any atom is 0.573 e. The topological polar surface area (TPSA) is 91.0 Å². The molecule has 0 aromatic heterocycles. The van der Waals surface area contributed by atoms with Gasteiger partial charge >= 0.3 is 6.36 Å². The maximum absolute atomic E-state index is 12.6. The minimum Gasteiger partial charge on any atom is -0.406 e. The number of halogens is 3. The highest BCUT2D eigenvalue weighted by atomic mass is 19.4. The monoisotopic (exact) mass is 492 g/mol. The number of piperazine rings is 1. The molecule has 1 aliphatic rings. The Kier molecular flexibility index (Phi) is 8.47. The van der Waals surface area contributed by atoms with Crippen LogP contribution in [0.15, 0.2) is 48.5 Å². The zero-order chi connectivity index (χ0) is 25.6. The largest absolute Gasteiger partial charge is 0.573 e. The summed E-state index contributed by atoms with van der Waals surface area (Å²) in [5.74, 6) is -0.860. The number of alkyl halides is 3. The van der Waals surface area contributed by atoms with E-state index < -0.39 is 6.36 Å². The molecule has 35 heavy (non-hydrogen) atoms. The van der Waals surface area contributed by atoms with Crippen LogP contribution in [0.2, 0.25) is 0 Å². The van der Waals surface area contributed by atoms with E-state index in [0.29, 0.717) is 43.1 Å². The van der Waals surface area contributed by atoms with Crippen LogP contribution in [-0.2, 0) is 9.59 Å². The molecule has 188 valence electrons. The highest BCUT2D eigenvalue weighted by Crippen LogP contribution is 2.24. The third-order valence-electron chi connectivity index (χ3n) is 5.63. The summed E-state index contributed by atoms with van der Waals surface area (Å²) in [7, 11) is 0. The lowest BCUT2D eigenvalue weighted by Crippen LogP contribution is -2.53. The number of ether oxygens (including phenoxy) is 1. The predicted octanol–water partition coefficient (Wildman–Crippen LogP) is 3.37. The number of hydrogen-bond acceptors (Lipinski definition) is 6. The Morgan fingerprint density at radius 3 is 2.00 bits per heavy atom. The van der Waals surface area contributed by atoms with Crippen LogP contribution in [0.25, 0.3) is 0 Å². The highest BCUT2D eigenvalue weighted by Gasteiger charge is 2.31. The van der Waals surface area contributed by atoms with E-state index >= 15 is 0 Å². The van der Waals surface area contributed by atoms with Gasteiger partial charge in [-0.1, -0.05) is 0 Å². The van der Waals surface area contributed by atoms with E-state index in [9.17, 15) is 27.6 Å². The molecule has 2 N–H and O–H groups in total. The average molecular weight is 492 g/mol. The van der Waals surface area contributed by atoms with Crippen molar-refractivity contribution < 1.29 is 32.3 Å². The van der Waals surface area contributed by atoms with Gasteiger partial charge in [-0.25, -0.2) is 0 Å². The molecule has 0 aliphatic carbocycles. The van der Waals surface area contributed by atoms with Gasteiger partial charge in [-0.05, 0) is 62.4 Å². The molecule has 1 fully saturated rings. The van der Waals surface area contributed by atoms with Crippen LogP contribution in [0, 0.1) is 0 Å². The number of amides is 2. The Bertz CT molecular complexity index is 1030. The molecule has 0 spiro atoms. The fraction of sp³-hybridized carbons (Fsp3) is 0.375. The van der Waals surface area contributed by atoms with Gasteiger partial charge in [0.2, 0.25) is 11.8 Å². The minimum atomic E-state index is -4.77. The number of nitrogens with one attached hydrogen (secondary N) is 2. The van der Waals surface area contributed by atoms with Gasteiger partial charge in [0.25, 0.3) is 0 Å². The Morgan fingerprint density at radius 1 is 0.914 bits per heavy atom. The maximum atomic E-state index is 12.6. The van der Waals surface area contributed by atoms with Crippen LogP contribution >= 0.6 is 0 Å². The smallest absolute Gasteiger partial charge is 0.406 e. The lowest BCUT2D eigenvalue weighted by atomic mass is 10.1. The second kappa shape index (κ2) is 11.3. The standard InChI is InChI=1S/C24H27F3N4O4/c1-16(23(34)29-20-5-3-18(4-6-20)17(2)32)31-13-11-30(12-14-31)15-22(33)28-19-7-9-21(10-8-19)35-24(25,26)27/h3-10,16H,11-15H2,1-2H3,(H,28,33)(H,29,34). The second-order valence-corrected chi connectivity index (χ2v) is 8.23. The molecule has 0 bridgehead atoms. The van der Waals surface area contributed by atoms with Crippen molar-refractivity contribution in [2.45, 2.75) is 26.3 Å². The van der Waals surface area contributed by atoms with E-state index in [0.717, 1.165) is 12.1 Å². The summed E-state index contributed by atoms with van der Waals surface area (Å²) >= 11 is 0. The molecule has 2 aromatic carbocycles. The van der Waals surface area contributed by atoms with Crippen molar-refractivity contribution >= 4 is 29.0 Å². The molecule has 1 aliphatic heterocycles. The van der Waals surface area contributed by atoms with Crippen molar-refractivity contribution in [2.24, 2.45) is 0 Å². The van der Waals surface area contributed by atoms with Crippen LogP contribution in [0.3, 0.4) is 0 Å². The first kappa shape index (κ1) is 26.2. The van der Waals surface area contributed by atoms with Gasteiger partial charge in [-0.2, -0.15) is 0 Å². The average Bonchev–Trinajstić information content (AvgIpc) is 2.79. The van der Waals surface area contributed by atoms with Crippen molar-refractivity contribution in [1.82, 2.24) is 9.80 Å². The number of rotatable bonds is 8. The Balaban J connectivity index is 1.42. The molecule has 1 unspecified atom stereocenters. The van der Waals surface area contributed by atoms with Crippen molar-refractivity contribution in [3.8, 4) is 5.75 Å². The number of anilines is 2. The lowest BCUT2D eigenvalue weighted by molar-refractivity contribution is -0.274. The fourth-order valence-corrected chi connectivity index (χ4v) is 3.65. The summed E-state index contributed by atoms with van der Waals surface area (Å²) in [6, 6.07) is 11.3. The van der Waals surface area contributed by atoms with E-state index in [1.54, 1.807) is 24.3 Å². The van der Waals surface area contributed by atoms with Gasteiger partial charge in [0.1, 0.15) is 5.75 Å². The third kappa shape index (κ3) is 8.08. The molecule has 1 atom stereocenters. The summed E-state index contributed by atoms with van der Waals surface area (Å²) < 4.78 is 40.5. The molecule has 0 radical (unpaired) electrons. The van der Waals surface area contributed by atoms with Crippen LogP contribution in [0.5, 0.6) is 5.75 Å². The lowest BCUT2D eigenvalue weighted by Gasteiger charge is -2.37. The Labute approximate surface area is 201 Å². The highest BCUT2D eigenvalue weighted by molar-refractivity contribution is 5.97. The molecule has 3 rings (SSSR count). The molecule has 1 saturated heterocycles. The van der Waals surface area contributed by atoms with Crippen LogP contribution in [0.1, 0.15) is 24.2 Å². The zero-order valence-corrected chi connectivity index (χ0v) is 19.4. The SMILES string of the molecule is CC(=O)c1ccc(NC(=O)C(C)N2CCN(CC(=O)Nc3ccc(OC(F)(F)F)cc3)CC2)cc1. The van der Waals surface area contributed by atoms with Gasteiger partial charge in [-0.15, -0.1) is 13.2 Å². The second-order valence-electron chi connectivity index (χ2n) is 8.23. The summed E-state index contributed by atoms with van der Waals surface area (Å²) in [6.07, 6.45) is -4.77. The summed E-state index contributed by atoms with van der Waals surface area (Å²) in [6.45, 7) is 5.76. The van der Waals surface area contributed by atoms with E-state index in [4.69, 9.17) is 0 Å². The first-order chi connectivity index (χ1) is 16.5. The first-order valence-electron chi connectivity index (χ1n) is 11.0. The molecule has 1 heterocycles. The quantitative estimate of drug-likeness (QED) is 0.550. The van der Waals surface area contributed by atoms with Gasteiger partial charge in [-0.3, -0.25) is 24.2 Å². The number of benzene rings is 2. The zero-order valence-electron chi connectivity index (χ0n) is 19.4. The van der Waals surface area contributed by atoms with Crippen LogP contribution in [-0.4, -0.2) is 72.5 Å². The molecule has 11 heteroatoms. The van der Waals surface area contributed by atoms with E-state index in [1.807, 2.05) is 16.7 Å². The normalized spacial score (nSPS) is 15.8. The number of Topliss-reactive ketones (excluding diaryl/α,β-unsaturated/α-hetero) is 1. The van der Waals surface area contributed by atoms with E-state index in [2.05, 4.69) is 15.4 Å². The van der Waals surface area contributed by atoms with E-state index in [1.165, 1.54) is 19.1 Å². The summed E-state index contributed by atoms with van der Waals surface area (Å²) in [5, 5.41) is 5.50. The van der Waals surface area contributed by atoms with Crippen molar-refractivity contribution in [3.05, 3.63) is 54.1 Å². The van der Waals surface area contributed by atoms with Crippen LogP contribution in [0.4, 0.5) is 24.5 Å². The number of ketones is 1. The number of carbonyl (C=O) groups excluding carboxylic acids is 3. The molecular weight excluding hydrogens is 465 g/mol. The van der Waals surface area contributed by atoms with Gasteiger partial charge in [0.15, 0.2) is 5.78 Å². The summed E-state index contributed by atoms with van der Waals surface area (Å²) in [4.78, 5) is 40.3. The Morgan fingerprint density at radius 2 is 1.46 bits per heavy atom. The fourth-order valence-electron chi connectivity index (χ4n) is 3.65. The Hall–Kier alpha value is -3.44.